The van der Waals surface area contributed by atoms with Crippen LogP contribution in [0.4, 0.5) is 0 Å². The van der Waals surface area contributed by atoms with Crippen LogP contribution in [0, 0.1) is 0 Å². The fourth-order valence-electron chi connectivity index (χ4n) is 0.491. The van der Waals surface area contributed by atoms with Crippen molar-refractivity contribution in [3.63, 3.8) is 0 Å². The number of carbonyl (C=O) groups excluding carboxylic acids is 1. The van der Waals surface area contributed by atoms with Crippen LogP contribution in [-0.4, -0.2) is 46.3 Å². The fraction of sp³-hybridized carbons (Fsp3) is 0.667. The van der Waals surface area contributed by atoms with Gasteiger partial charge in [-0.1, -0.05) is 0 Å². The van der Waals surface area contributed by atoms with Crippen LogP contribution in [0.2, 0.25) is 0 Å². The quantitative estimate of drug-likeness (QED) is 0.277. The zero-order valence-electron chi connectivity index (χ0n) is 6.81. The van der Waals surface area contributed by atoms with Gasteiger partial charge < -0.3 is 19.7 Å². The number of esters is 1. The average molecular weight is 178 g/mol. The van der Waals surface area contributed by atoms with Crippen molar-refractivity contribution in [2.45, 2.75) is 19.2 Å². The van der Waals surface area contributed by atoms with E-state index >= 15 is 0 Å². The Hall–Kier alpha value is -1.14. The van der Waals surface area contributed by atoms with E-state index in [1.807, 2.05) is 0 Å². The molecule has 0 saturated heterocycles. The van der Waals surface area contributed by atoms with Gasteiger partial charge in [0.1, 0.15) is 0 Å². The number of aliphatic hydroxyl groups excluding tert-OH is 2. The van der Waals surface area contributed by atoms with Crippen molar-refractivity contribution in [3.8, 4) is 0 Å². The number of hydrogen-bond donors (Lipinski definition) is 3. The van der Waals surface area contributed by atoms with Gasteiger partial charge in [-0.15, -0.1) is 0 Å². The van der Waals surface area contributed by atoms with Crippen molar-refractivity contribution < 1.29 is 24.5 Å². The van der Waals surface area contributed by atoms with Gasteiger partial charge in [-0.05, 0) is 6.92 Å². The first kappa shape index (κ1) is 10.9. The van der Waals surface area contributed by atoms with Crippen LogP contribution in [0.5, 0.6) is 0 Å². The molecular formula is C6H12NO5+. The molecule has 0 heterocycles. The van der Waals surface area contributed by atoms with Crippen LogP contribution in [-0.2, 0) is 9.53 Å². The second-order valence-electron chi connectivity index (χ2n) is 2.17. The zero-order valence-corrected chi connectivity index (χ0v) is 6.81. The minimum atomic E-state index is -1.56. The van der Waals surface area contributed by atoms with E-state index in [2.05, 4.69) is 10.1 Å². The monoisotopic (exact) mass is 178 g/mol. The molecule has 0 spiro atoms. The number of methoxy groups -OCH3 is 1. The van der Waals surface area contributed by atoms with Crippen molar-refractivity contribution in [2.24, 2.45) is 0 Å². The standard InChI is InChI=1S/C6H11NO5/c1-3(5(9)10)7-4(8)6(11)12-2/h3-4,7-8H,1-2H3,(H,9,10)/p+1/t3-,4?/m0/s1. The summed E-state index contributed by atoms with van der Waals surface area (Å²) >= 11 is 0. The van der Waals surface area contributed by atoms with E-state index in [0.29, 0.717) is 0 Å². The predicted octanol–water partition coefficient (Wildman–Crippen LogP) is -1.48. The van der Waals surface area contributed by atoms with Gasteiger partial charge in [0.25, 0.3) is 0 Å². The van der Waals surface area contributed by atoms with Crippen LogP contribution in [0.1, 0.15) is 6.92 Å². The average Bonchev–Trinajstić information content (AvgIpc) is 2.02. The number of aliphatic hydroxyl groups is 1. The Morgan fingerprint density at radius 2 is 2.17 bits per heavy atom. The summed E-state index contributed by atoms with van der Waals surface area (Å²) in [5, 5.41) is 19.6. The molecule has 70 valence electrons. The number of ether oxygens (including phenoxy) is 1. The maximum atomic E-state index is 10.6. The largest absolute Gasteiger partial charge is 0.498 e. The molecule has 0 fully saturated rings. The first-order valence-electron chi connectivity index (χ1n) is 3.25. The summed E-state index contributed by atoms with van der Waals surface area (Å²) in [4.78, 5) is 19.0. The second-order valence-corrected chi connectivity index (χ2v) is 2.17. The van der Waals surface area contributed by atoms with E-state index in [9.17, 15) is 4.79 Å². The lowest BCUT2D eigenvalue weighted by molar-refractivity contribution is -0.152. The van der Waals surface area contributed by atoms with Gasteiger partial charge in [-0.3, -0.25) is 5.32 Å². The number of hydrogen-bond acceptors (Lipinski definition) is 4. The molecule has 0 aromatic carbocycles. The Bertz CT molecular complexity index is 181. The van der Waals surface area contributed by atoms with Crippen molar-refractivity contribution in [3.05, 3.63) is 0 Å². The topological polar surface area (TPSA) is 100 Å². The zero-order chi connectivity index (χ0) is 9.72. The van der Waals surface area contributed by atoms with Gasteiger partial charge in [0.05, 0.1) is 7.11 Å². The number of aliphatic carboxylic acids is 1. The molecule has 2 atom stereocenters. The molecule has 0 amide bonds. The Balaban J connectivity index is 3.91. The number of carboxylic acid groups (broad SMARTS) is 1. The fourth-order valence-corrected chi connectivity index (χ4v) is 0.491. The van der Waals surface area contributed by atoms with Crippen LogP contribution < -0.4 is 5.32 Å². The maximum Gasteiger partial charge on any atom is 0.498 e. The van der Waals surface area contributed by atoms with E-state index < -0.39 is 24.2 Å². The Labute approximate surface area is 69.1 Å². The third-order valence-electron chi connectivity index (χ3n) is 1.22. The minimum Gasteiger partial charge on any atom is -0.466 e. The highest BCUT2D eigenvalue weighted by atomic mass is 16.5. The molecule has 0 aliphatic heterocycles. The summed E-state index contributed by atoms with van der Waals surface area (Å²) < 4.78 is 4.17. The Morgan fingerprint density at radius 3 is 2.50 bits per heavy atom. The summed E-state index contributed by atoms with van der Waals surface area (Å²) in [5.41, 5.74) is 0. The summed E-state index contributed by atoms with van der Waals surface area (Å²) in [5.74, 6) is -1.79. The van der Waals surface area contributed by atoms with E-state index in [0.717, 1.165) is 7.11 Å². The summed E-state index contributed by atoms with van der Waals surface area (Å²) in [6.07, 6.45) is -1.56. The molecular weight excluding hydrogens is 166 g/mol. The van der Waals surface area contributed by atoms with Crippen LogP contribution in [0.15, 0.2) is 0 Å². The van der Waals surface area contributed by atoms with Gasteiger partial charge in [0.2, 0.25) is 6.23 Å². The number of nitrogens with one attached hydrogen (secondary N) is 1. The third kappa shape index (κ3) is 3.31. The van der Waals surface area contributed by atoms with Gasteiger partial charge in [-0.2, -0.15) is 0 Å². The number of rotatable bonds is 4. The number of carbonyl (C=O) groups is 1. The first-order chi connectivity index (χ1) is 5.49. The van der Waals surface area contributed by atoms with E-state index in [1.54, 1.807) is 0 Å². The lowest BCUT2D eigenvalue weighted by Gasteiger charge is -2.10. The molecule has 0 aliphatic rings. The van der Waals surface area contributed by atoms with E-state index in [1.165, 1.54) is 6.92 Å². The van der Waals surface area contributed by atoms with E-state index in [4.69, 9.17) is 15.0 Å². The predicted molar refractivity (Wildman–Crippen MR) is 40.2 cm³/mol. The Morgan fingerprint density at radius 1 is 1.67 bits per heavy atom. The lowest BCUT2D eigenvalue weighted by Crippen LogP contribution is -2.46. The van der Waals surface area contributed by atoms with Crippen molar-refractivity contribution in [1.82, 2.24) is 5.32 Å². The van der Waals surface area contributed by atoms with E-state index in [-0.39, 0.29) is 0 Å². The van der Waals surface area contributed by atoms with Crippen LogP contribution in [0.3, 0.4) is 0 Å². The summed E-state index contributed by atoms with van der Waals surface area (Å²) in [6, 6.07) is -0.890. The smallest absolute Gasteiger partial charge is 0.466 e. The molecule has 6 nitrogen and oxygen atoms in total. The lowest BCUT2D eigenvalue weighted by atomic mass is 10.3. The molecule has 0 aromatic rings. The summed E-state index contributed by atoms with van der Waals surface area (Å²) in [7, 11) is 1.11. The highest BCUT2D eigenvalue weighted by Crippen LogP contribution is 1.87. The second kappa shape index (κ2) is 4.68. The highest BCUT2D eigenvalue weighted by Gasteiger charge is 2.24. The molecule has 12 heavy (non-hydrogen) atoms. The van der Waals surface area contributed by atoms with Gasteiger partial charge in [0.15, 0.2) is 6.04 Å². The minimum absolute atomic E-state index is 0.886. The normalized spacial score (nSPS) is 14.9. The van der Waals surface area contributed by atoms with Gasteiger partial charge >= 0.3 is 11.9 Å². The molecule has 0 radical (unpaired) electrons. The van der Waals surface area contributed by atoms with Crippen molar-refractivity contribution in [2.75, 3.05) is 7.11 Å². The van der Waals surface area contributed by atoms with Crippen LogP contribution in [0.25, 0.3) is 0 Å². The Kier molecular flexibility index (Phi) is 4.24. The van der Waals surface area contributed by atoms with Crippen LogP contribution >= 0.6 is 0 Å². The molecule has 0 saturated carbocycles. The molecule has 6 heteroatoms. The molecule has 0 rings (SSSR count). The number of carboxylic acids is 1. The molecule has 0 bridgehead atoms. The van der Waals surface area contributed by atoms with Crippen molar-refractivity contribution >= 4 is 11.9 Å². The SMILES string of the molecule is COC(=O)C(O)N[C@@H](C)C(O)=[OH+]. The van der Waals surface area contributed by atoms with Gasteiger partial charge in [0, 0.05) is 0 Å². The maximum absolute atomic E-state index is 10.6. The molecule has 0 aromatic heterocycles. The first-order valence-corrected chi connectivity index (χ1v) is 3.25. The molecule has 0 aliphatic carbocycles. The molecule has 4 N–H and O–H groups in total. The van der Waals surface area contributed by atoms with Gasteiger partial charge in [-0.25, -0.2) is 4.79 Å². The highest BCUT2D eigenvalue weighted by molar-refractivity contribution is 5.77. The summed E-state index contributed by atoms with van der Waals surface area (Å²) in [6.45, 7) is 1.36. The van der Waals surface area contributed by atoms with Crippen molar-refractivity contribution in [1.29, 1.82) is 0 Å². The molecule has 1 unspecified atom stereocenters. The third-order valence-corrected chi connectivity index (χ3v) is 1.22.